The van der Waals surface area contributed by atoms with Crippen LogP contribution in [0.15, 0.2) is 0 Å². The molecule has 1 rings (SSSR count). The van der Waals surface area contributed by atoms with Crippen molar-refractivity contribution in [2.24, 2.45) is 5.92 Å². The third-order valence-corrected chi connectivity index (χ3v) is 9.22. The van der Waals surface area contributed by atoms with Gasteiger partial charge in [-0.1, -0.05) is 46.0 Å². The molecule has 1 saturated carbocycles. The molecule has 0 bridgehead atoms. The minimum absolute atomic E-state index is 0.150. The van der Waals surface area contributed by atoms with Crippen LogP contribution >= 0.6 is 0 Å². The van der Waals surface area contributed by atoms with Crippen LogP contribution in [0.5, 0.6) is 0 Å². The number of carbonyl (C=O) groups is 1. The molecule has 0 heterocycles. The van der Waals surface area contributed by atoms with Gasteiger partial charge in [0.05, 0.1) is 0 Å². The average molecular weight is 295 g/mol. The Kier molecular flexibility index (Phi) is 6.48. The smallest absolute Gasteiger partial charge is 0.208 e. The van der Waals surface area contributed by atoms with Crippen molar-refractivity contribution in [3.8, 4) is 11.8 Å². The molecule has 1 aliphatic rings. The molecule has 0 radical (unpaired) electrons. The zero-order valence-corrected chi connectivity index (χ0v) is 14.8. The van der Waals surface area contributed by atoms with Crippen LogP contribution < -0.4 is 0 Å². The summed E-state index contributed by atoms with van der Waals surface area (Å²) < 4.78 is 6.05. The first-order valence-electron chi connectivity index (χ1n) is 7.91. The van der Waals surface area contributed by atoms with Crippen molar-refractivity contribution in [1.29, 1.82) is 0 Å². The van der Waals surface area contributed by atoms with E-state index in [0.29, 0.717) is 13.0 Å². The van der Waals surface area contributed by atoms with Gasteiger partial charge in [-0.05, 0) is 36.9 Å². The van der Waals surface area contributed by atoms with Gasteiger partial charge in [-0.2, -0.15) is 0 Å². The van der Waals surface area contributed by atoms with Crippen molar-refractivity contribution in [2.45, 2.75) is 77.4 Å². The predicted octanol–water partition coefficient (Wildman–Crippen LogP) is 4.55. The van der Waals surface area contributed by atoms with Crippen LogP contribution in [0, 0.1) is 17.8 Å². The van der Waals surface area contributed by atoms with Crippen molar-refractivity contribution in [3.63, 3.8) is 0 Å². The van der Waals surface area contributed by atoms with E-state index in [1.807, 2.05) is 0 Å². The molecule has 0 aromatic carbocycles. The molecule has 0 spiro atoms. The maximum Gasteiger partial charge on any atom is 0.208 e. The zero-order chi connectivity index (χ0) is 15.2. The largest absolute Gasteiger partial charge is 0.416 e. The van der Waals surface area contributed by atoms with Gasteiger partial charge in [-0.25, -0.2) is 0 Å². The summed E-state index contributed by atoms with van der Waals surface area (Å²) in [6.07, 6.45) is 6.39. The fourth-order valence-corrected chi connectivity index (χ4v) is 3.24. The normalized spacial score (nSPS) is 17.4. The van der Waals surface area contributed by atoms with Gasteiger partial charge in [0.25, 0.3) is 0 Å². The Balaban J connectivity index is 2.31. The van der Waals surface area contributed by atoms with Gasteiger partial charge in [0.1, 0.15) is 0 Å². The monoisotopic (exact) mass is 294 g/mol. The van der Waals surface area contributed by atoms with Crippen molar-refractivity contribution in [1.82, 2.24) is 0 Å². The Labute approximate surface area is 125 Å². The van der Waals surface area contributed by atoms with E-state index in [9.17, 15) is 4.79 Å². The topological polar surface area (TPSA) is 26.3 Å². The molecule has 0 atom stereocenters. The maximum absolute atomic E-state index is 11.9. The fourth-order valence-electron chi connectivity index (χ4n) is 2.19. The van der Waals surface area contributed by atoms with Gasteiger partial charge in [-0.15, -0.1) is 0 Å². The van der Waals surface area contributed by atoms with Crippen LogP contribution in [0.25, 0.3) is 0 Å². The van der Waals surface area contributed by atoms with Crippen LogP contribution in [-0.4, -0.2) is 20.7 Å². The molecule has 0 aromatic heterocycles. The minimum Gasteiger partial charge on any atom is -0.416 e. The summed E-state index contributed by atoms with van der Waals surface area (Å²) in [6, 6.07) is 0. The number of rotatable bonds is 4. The second-order valence-electron chi connectivity index (χ2n) is 7.36. The molecule has 20 heavy (non-hydrogen) atoms. The zero-order valence-electron chi connectivity index (χ0n) is 13.8. The van der Waals surface area contributed by atoms with Crippen LogP contribution in [0.3, 0.4) is 0 Å². The van der Waals surface area contributed by atoms with Crippen molar-refractivity contribution >= 4 is 14.1 Å². The molecule has 1 fully saturated rings. The summed E-state index contributed by atoms with van der Waals surface area (Å²) in [7, 11) is -1.67. The van der Waals surface area contributed by atoms with E-state index in [0.717, 1.165) is 12.8 Å². The average Bonchev–Trinajstić information content (AvgIpc) is 2.37. The highest BCUT2D eigenvalue weighted by molar-refractivity contribution is 6.74. The van der Waals surface area contributed by atoms with Gasteiger partial charge in [0.15, 0.2) is 8.32 Å². The van der Waals surface area contributed by atoms with Gasteiger partial charge in [0.2, 0.25) is 5.78 Å². The molecular formula is C17H30O2Si. The summed E-state index contributed by atoms with van der Waals surface area (Å²) in [4.78, 5) is 11.9. The van der Waals surface area contributed by atoms with Crippen LogP contribution in [-0.2, 0) is 9.22 Å². The molecule has 0 aliphatic heterocycles. The summed E-state index contributed by atoms with van der Waals surface area (Å²) in [6.45, 7) is 11.8. The van der Waals surface area contributed by atoms with Crippen molar-refractivity contribution in [2.75, 3.05) is 6.61 Å². The van der Waals surface area contributed by atoms with Crippen LogP contribution in [0.1, 0.15) is 59.3 Å². The van der Waals surface area contributed by atoms with E-state index in [2.05, 4.69) is 45.7 Å². The van der Waals surface area contributed by atoms with Gasteiger partial charge in [0, 0.05) is 18.9 Å². The molecule has 114 valence electrons. The quantitative estimate of drug-likeness (QED) is 0.329. The number of carbonyl (C=O) groups excluding carboxylic acids is 1. The lowest BCUT2D eigenvalue weighted by Crippen LogP contribution is -2.40. The highest BCUT2D eigenvalue weighted by atomic mass is 28.4. The van der Waals surface area contributed by atoms with E-state index < -0.39 is 8.32 Å². The lowest BCUT2D eigenvalue weighted by atomic mass is 9.86. The Morgan fingerprint density at radius 2 is 1.80 bits per heavy atom. The third kappa shape index (κ3) is 5.42. The standard InChI is InChI=1S/C17H30O2Si/c1-17(2,3)20(4,5)19-14-10-9-13-16(18)15-11-7-6-8-12-15/h15H,6-8,10-12,14H2,1-5H3. The Hall–Kier alpha value is -0.593. The molecule has 0 amide bonds. The van der Waals surface area contributed by atoms with E-state index in [1.165, 1.54) is 19.3 Å². The number of hydrogen-bond acceptors (Lipinski definition) is 2. The Bertz CT molecular complexity index is 376. The van der Waals surface area contributed by atoms with Gasteiger partial charge in [-0.3, -0.25) is 4.79 Å². The molecule has 0 unspecified atom stereocenters. The van der Waals surface area contributed by atoms with E-state index in [4.69, 9.17) is 4.43 Å². The predicted molar refractivity (Wildman–Crippen MR) is 87.1 cm³/mol. The SMILES string of the molecule is CC(C)(C)[Si](C)(C)OCCC#CC(=O)C1CCCCC1. The van der Waals surface area contributed by atoms with Crippen molar-refractivity contribution in [3.05, 3.63) is 0 Å². The van der Waals surface area contributed by atoms with Gasteiger partial charge < -0.3 is 4.43 Å². The fraction of sp³-hybridized carbons (Fsp3) is 0.824. The first-order chi connectivity index (χ1) is 9.24. The molecule has 3 heteroatoms. The molecule has 0 N–H and O–H groups in total. The summed E-state index contributed by atoms with van der Waals surface area (Å²) in [5.41, 5.74) is 0. The van der Waals surface area contributed by atoms with Crippen LogP contribution in [0.4, 0.5) is 0 Å². The highest BCUT2D eigenvalue weighted by Gasteiger charge is 2.36. The molecule has 2 nitrogen and oxygen atoms in total. The van der Waals surface area contributed by atoms with Crippen LogP contribution in [0.2, 0.25) is 18.1 Å². The summed E-state index contributed by atoms with van der Waals surface area (Å²) in [5.74, 6) is 6.18. The number of ketones is 1. The molecule has 1 aliphatic carbocycles. The molecular weight excluding hydrogens is 264 g/mol. The summed E-state index contributed by atoms with van der Waals surface area (Å²) in [5, 5.41) is 0.234. The van der Waals surface area contributed by atoms with Gasteiger partial charge >= 0.3 is 0 Å². The first kappa shape index (κ1) is 17.5. The molecule has 0 saturated heterocycles. The lowest BCUT2D eigenvalue weighted by Gasteiger charge is -2.35. The second kappa shape index (κ2) is 7.43. The first-order valence-corrected chi connectivity index (χ1v) is 10.8. The minimum atomic E-state index is -1.67. The number of hydrogen-bond donors (Lipinski definition) is 0. The van der Waals surface area contributed by atoms with E-state index in [1.54, 1.807) is 0 Å². The Morgan fingerprint density at radius 3 is 2.35 bits per heavy atom. The summed E-state index contributed by atoms with van der Waals surface area (Å²) >= 11 is 0. The maximum atomic E-state index is 11.9. The third-order valence-electron chi connectivity index (χ3n) is 4.68. The Morgan fingerprint density at radius 1 is 1.20 bits per heavy atom. The molecule has 0 aromatic rings. The van der Waals surface area contributed by atoms with E-state index >= 15 is 0 Å². The number of Topliss-reactive ketones (excluding diaryl/α,β-unsaturated/α-hetero) is 1. The van der Waals surface area contributed by atoms with Crippen molar-refractivity contribution < 1.29 is 9.22 Å². The lowest BCUT2D eigenvalue weighted by molar-refractivity contribution is -0.118. The van der Waals surface area contributed by atoms with E-state index in [-0.39, 0.29) is 16.7 Å². The second-order valence-corrected chi connectivity index (χ2v) is 12.2. The highest BCUT2D eigenvalue weighted by Crippen LogP contribution is 2.36.